The van der Waals surface area contributed by atoms with Crippen LogP contribution in [0, 0.1) is 10.1 Å². The SMILES string of the molecule is COc1cc(/C=N/NC(=O)c2ccccc2C(F)(F)F)cc(Br)c1OCc1ccc([N+](=O)[O-])cc1. The topological polar surface area (TPSA) is 103 Å². The molecule has 8 nitrogen and oxygen atoms in total. The van der Waals surface area contributed by atoms with Crippen LogP contribution in [0.15, 0.2) is 70.2 Å². The van der Waals surface area contributed by atoms with Crippen molar-refractivity contribution in [3.63, 3.8) is 0 Å². The molecule has 0 aliphatic rings. The number of rotatable bonds is 8. The molecule has 0 radical (unpaired) electrons. The van der Waals surface area contributed by atoms with Gasteiger partial charge in [-0.15, -0.1) is 0 Å². The Kier molecular flexibility index (Phi) is 8.07. The summed E-state index contributed by atoms with van der Waals surface area (Å²) in [6.07, 6.45) is -3.44. The van der Waals surface area contributed by atoms with Crippen LogP contribution in [-0.4, -0.2) is 24.2 Å². The molecular formula is C23H17BrF3N3O5. The number of methoxy groups -OCH3 is 1. The molecule has 0 saturated carbocycles. The van der Waals surface area contributed by atoms with Crippen molar-refractivity contribution in [3.8, 4) is 11.5 Å². The zero-order valence-corrected chi connectivity index (χ0v) is 19.6. The maximum Gasteiger partial charge on any atom is 0.417 e. The minimum absolute atomic E-state index is 0.0369. The van der Waals surface area contributed by atoms with Crippen molar-refractivity contribution < 1.29 is 32.4 Å². The Hall–Kier alpha value is -3.93. The van der Waals surface area contributed by atoms with E-state index in [1.54, 1.807) is 24.3 Å². The Labute approximate surface area is 205 Å². The third kappa shape index (κ3) is 6.57. The van der Waals surface area contributed by atoms with Crippen molar-refractivity contribution in [2.75, 3.05) is 7.11 Å². The fourth-order valence-electron chi connectivity index (χ4n) is 2.98. The highest BCUT2D eigenvalue weighted by atomic mass is 79.9. The molecule has 35 heavy (non-hydrogen) atoms. The number of nitro groups is 1. The predicted molar refractivity (Wildman–Crippen MR) is 125 cm³/mol. The minimum Gasteiger partial charge on any atom is -0.493 e. The van der Waals surface area contributed by atoms with Gasteiger partial charge >= 0.3 is 6.18 Å². The number of carbonyl (C=O) groups excluding carboxylic acids is 1. The lowest BCUT2D eigenvalue weighted by Gasteiger charge is -2.13. The van der Waals surface area contributed by atoms with Crippen LogP contribution in [0.25, 0.3) is 0 Å². The average Bonchev–Trinajstić information content (AvgIpc) is 2.82. The monoisotopic (exact) mass is 551 g/mol. The second kappa shape index (κ2) is 11.0. The van der Waals surface area contributed by atoms with Crippen LogP contribution in [0.3, 0.4) is 0 Å². The summed E-state index contributed by atoms with van der Waals surface area (Å²) in [5, 5.41) is 14.5. The Morgan fingerprint density at radius 1 is 1.17 bits per heavy atom. The summed E-state index contributed by atoms with van der Waals surface area (Å²) in [6, 6.07) is 13.4. The summed E-state index contributed by atoms with van der Waals surface area (Å²) < 4.78 is 50.9. The second-order valence-corrected chi connectivity index (χ2v) is 7.84. The molecule has 0 heterocycles. The lowest BCUT2D eigenvalue weighted by Crippen LogP contribution is -2.22. The van der Waals surface area contributed by atoms with Crippen LogP contribution in [0.4, 0.5) is 18.9 Å². The van der Waals surface area contributed by atoms with Crippen molar-refractivity contribution in [3.05, 3.63) is 97.5 Å². The number of amides is 1. The van der Waals surface area contributed by atoms with Gasteiger partial charge in [-0.25, -0.2) is 5.43 Å². The molecule has 12 heteroatoms. The van der Waals surface area contributed by atoms with E-state index in [0.29, 0.717) is 27.1 Å². The van der Waals surface area contributed by atoms with Crippen LogP contribution < -0.4 is 14.9 Å². The number of hydrogen-bond donors (Lipinski definition) is 1. The first kappa shape index (κ1) is 25.7. The normalized spacial score (nSPS) is 11.3. The zero-order valence-electron chi connectivity index (χ0n) is 18.0. The second-order valence-electron chi connectivity index (χ2n) is 6.99. The van der Waals surface area contributed by atoms with E-state index in [1.165, 1.54) is 37.6 Å². The molecule has 3 aromatic carbocycles. The molecule has 0 unspecified atom stereocenters. The molecule has 1 amide bonds. The van der Waals surface area contributed by atoms with Gasteiger partial charge in [-0.2, -0.15) is 18.3 Å². The highest BCUT2D eigenvalue weighted by Gasteiger charge is 2.34. The lowest BCUT2D eigenvalue weighted by atomic mass is 10.1. The molecule has 0 aliphatic heterocycles. The number of ether oxygens (including phenoxy) is 2. The molecule has 0 aliphatic carbocycles. The summed E-state index contributed by atoms with van der Waals surface area (Å²) >= 11 is 3.36. The molecule has 0 fully saturated rings. The Morgan fingerprint density at radius 2 is 1.86 bits per heavy atom. The maximum absolute atomic E-state index is 13.1. The number of carbonyl (C=O) groups is 1. The van der Waals surface area contributed by atoms with Gasteiger partial charge in [0.2, 0.25) is 0 Å². The highest BCUT2D eigenvalue weighted by Crippen LogP contribution is 2.37. The molecule has 3 rings (SSSR count). The van der Waals surface area contributed by atoms with Crippen molar-refractivity contribution >= 4 is 33.7 Å². The number of nitrogens with one attached hydrogen (secondary N) is 1. The fourth-order valence-corrected chi connectivity index (χ4v) is 3.55. The Bertz CT molecular complexity index is 1260. The quantitative estimate of drug-likeness (QED) is 0.219. The molecular weight excluding hydrogens is 535 g/mol. The van der Waals surface area contributed by atoms with E-state index >= 15 is 0 Å². The summed E-state index contributed by atoms with van der Waals surface area (Å²) in [6.45, 7) is 0.106. The first-order valence-corrected chi connectivity index (χ1v) is 10.6. The van der Waals surface area contributed by atoms with E-state index in [2.05, 4.69) is 26.5 Å². The van der Waals surface area contributed by atoms with Gasteiger partial charge in [0.05, 0.1) is 33.8 Å². The smallest absolute Gasteiger partial charge is 0.417 e. The van der Waals surface area contributed by atoms with E-state index in [0.717, 1.165) is 12.1 Å². The minimum atomic E-state index is -4.68. The molecule has 182 valence electrons. The van der Waals surface area contributed by atoms with E-state index in [1.807, 2.05) is 0 Å². The van der Waals surface area contributed by atoms with E-state index in [9.17, 15) is 28.1 Å². The number of halogens is 4. The number of nitro benzene ring substituents is 1. The van der Waals surface area contributed by atoms with E-state index in [4.69, 9.17) is 9.47 Å². The Morgan fingerprint density at radius 3 is 2.49 bits per heavy atom. The van der Waals surface area contributed by atoms with E-state index < -0.39 is 28.1 Å². The molecule has 3 aromatic rings. The van der Waals surface area contributed by atoms with Crippen molar-refractivity contribution in [1.29, 1.82) is 0 Å². The van der Waals surface area contributed by atoms with E-state index in [-0.39, 0.29) is 12.3 Å². The average molecular weight is 552 g/mol. The molecule has 0 bridgehead atoms. The van der Waals surface area contributed by atoms with Gasteiger partial charge in [-0.3, -0.25) is 14.9 Å². The maximum atomic E-state index is 13.1. The van der Waals surface area contributed by atoms with Crippen LogP contribution >= 0.6 is 15.9 Å². The molecule has 1 N–H and O–H groups in total. The van der Waals surface area contributed by atoms with Crippen molar-refractivity contribution in [2.24, 2.45) is 5.10 Å². The van der Waals surface area contributed by atoms with Gasteiger partial charge in [-0.05, 0) is 63.5 Å². The molecule has 0 spiro atoms. The number of hydrogen-bond acceptors (Lipinski definition) is 6. The van der Waals surface area contributed by atoms with Gasteiger partial charge in [0.15, 0.2) is 11.5 Å². The fraction of sp³-hybridized carbons (Fsp3) is 0.130. The van der Waals surface area contributed by atoms with Gasteiger partial charge in [0.25, 0.3) is 11.6 Å². The number of nitrogens with zero attached hydrogens (tertiary/aromatic N) is 2. The van der Waals surface area contributed by atoms with Crippen LogP contribution in [0.1, 0.15) is 27.0 Å². The number of non-ortho nitro benzene ring substituents is 1. The van der Waals surface area contributed by atoms with Crippen molar-refractivity contribution in [1.82, 2.24) is 5.43 Å². The molecule has 0 aromatic heterocycles. The summed E-state index contributed by atoms with van der Waals surface area (Å²) in [4.78, 5) is 22.5. The van der Waals surface area contributed by atoms with Gasteiger partial charge in [-0.1, -0.05) is 12.1 Å². The lowest BCUT2D eigenvalue weighted by molar-refractivity contribution is -0.384. The summed E-state index contributed by atoms with van der Waals surface area (Å²) in [5.41, 5.74) is 1.59. The van der Waals surface area contributed by atoms with Gasteiger partial charge in [0, 0.05) is 12.1 Å². The summed E-state index contributed by atoms with van der Waals surface area (Å²) in [5.74, 6) is -0.342. The van der Waals surface area contributed by atoms with Crippen LogP contribution in [0.2, 0.25) is 0 Å². The predicted octanol–water partition coefficient (Wildman–Crippen LogP) is 5.73. The van der Waals surface area contributed by atoms with Crippen LogP contribution in [0.5, 0.6) is 11.5 Å². The number of benzene rings is 3. The number of hydrazone groups is 1. The first-order valence-electron chi connectivity index (χ1n) is 9.83. The molecule has 0 saturated heterocycles. The highest BCUT2D eigenvalue weighted by molar-refractivity contribution is 9.10. The Balaban J connectivity index is 1.71. The van der Waals surface area contributed by atoms with Crippen molar-refractivity contribution in [2.45, 2.75) is 12.8 Å². The van der Waals surface area contributed by atoms with Gasteiger partial charge in [0.1, 0.15) is 6.61 Å². The standard InChI is InChI=1S/C23H17BrF3N3O5/c1-34-20-11-15(12-28-29-22(31)17-4-2-3-5-18(17)23(25,26)27)10-19(24)21(20)35-13-14-6-8-16(9-7-14)30(32)33/h2-12H,13H2,1H3,(H,29,31)/b28-12+. The number of alkyl halides is 3. The zero-order chi connectivity index (χ0) is 25.6. The van der Waals surface area contributed by atoms with Crippen LogP contribution in [-0.2, 0) is 12.8 Å². The third-order valence-electron chi connectivity index (χ3n) is 4.64. The summed E-state index contributed by atoms with van der Waals surface area (Å²) in [7, 11) is 1.41. The van der Waals surface area contributed by atoms with Gasteiger partial charge < -0.3 is 9.47 Å². The third-order valence-corrected chi connectivity index (χ3v) is 5.23. The molecule has 0 atom stereocenters. The first-order chi connectivity index (χ1) is 16.6. The largest absolute Gasteiger partial charge is 0.493 e.